The molecule has 0 aliphatic rings. The molecule has 1 unspecified atom stereocenters. The third kappa shape index (κ3) is 2.43. The Labute approximate surface area is 52.9 Å². The van der Waals surface area contributed by atoms with Gasteiger partial charge in [-0.3, -0.25) is 4.18 Å². The molecule has 8 heavy (non-hydrogen) atoms. The van der Waals surface area contributed by atoms with Gasteiger partial charge in [0.25, 0.3) is 0 Å². The van der Waals surface area contributed by atoms with Crippen LogP contribution in [0.2, 0.25) is 0 Å². The minimum Gasteiger partial charge on any atom is -0.294 e. The molecule has 0 aliphatic heterocycles. The van der Waals surface area contributed by atoms with Gasteiger partial charge in [0.1, 0.15) is 0 Å². The average molecular weight is 136 g/mol. The Hall–Kier alpha value is 0.110. The van der Waals surface area contributed by atoms with Crippen LogP contribution >= 0.6 is 0 Å². The van der Waals surface area contributed by atoms with Crippen LogP contribution in [0.4, 0.5) is 0 Å². The van der Waals surface area contributed by atoms with Crippen molar-refractivity contribution in [3.8, 4) is 0 Å². The molecule has 0 saturated heterocycles. The molecule has 0 N–H and O–H groups in total. The third-order valence-electron chi connectivity index (χ3n) is 0.651. The molecule has 0 saturated carbocycles. The van der Waals surface area contributed by atoms with Crippen molar-refractivity contribution in [2.45, 2.75) is 25.5 Å². The van der Waals surface area contributed by atoms with Crippen molar-refractivity contribution in [1.82, 2.24) is 0 Å². The van der Waals surface area contributed by atoms with Crippen LogP contribution in [0.1, 0.15) is 20.8 Å². The van der Waals surface area contributed by atoms with E-state index in [4.69, 9.17) is 0 Å². The first-order valence-corrected chi connectivity index (χ1v) is 3.52. The van der Waals surface area contributed by atoms with Crippen molar-refractivity contribution in [2.24, 2.45) is 0 Å². The van der Waals surface area contributed by atoms with Crippen molar-refractivity contribution in [3.05, 3.63) is 0 Å². The SMILES string of the molecule is COS(=O)C(C)(C)C. The van der Waals surface area contributed by atoms with E-state index in [1.54, 1.807) is 0 Å². The largest absolute Gasteiger partial charge is 0.294 e. The highest BCUT2D eigenvalue weighted by atomic mass is 32.2. The van der Waals surface area contributed by atoms with Crippen molar-refractivity contribution in [2.75, 3.05) is 7.11 Å². The molecule has 0 heterocycles. The van der Waals surface area contributed by atoms with Crippen molar-refractivity contribution < 1.29 is 8.39 Å². The summed E-state index contributed by atoms with van der Waals surface area (Å²) in [5.74, 6) is 0. The molecular weight excluding hydrogens is 124 g/mol. The molecule has 1 atom stereocenters. The van der Waals surface area contributed by atoms with Crippen LogP contribution in [0, 0.1) is 0 Å². The predicted molar refractivity (Wildman–Crippen MR) is 34.9 cm³/mol. The normalized spacial score (nSPS) is 16.0. The van der Waals surface area contributed by atoms with Crippen LogP contribution in [-0.4, -0.2) is 16.1 Å². The number of hydrogen-bond acceptors (Lipinski definition) is 2. The lowest BCUT2D eigenvalue weighted by Gasteiger charge is -2.13. The van der Waals surface area contributed by atoms with E-state index in [0.717, 1.165) is 0 Å². The molecule has 0 aromatic heterocycles. The van der Waals surface area contributed by atoms with E-state index < -0.39 is 11.1 Å². The van der Waals surface area contributed by atoms with E-state index in [-0.39, 0.29) is 4.75 Å². The predicted octanol–water partition coefficient (Wildman–Crippen LogP) is 1.10. The summed E-state index contributed by atoms with van der Waals surface area (Å²) in [7, 11) is 1.45. The van der Waals surface area contributed by atoms with Crippen LogP contribution < -0.4 is 0 Å². The number of rotatable bonds is 1. The summed E-state index contributed by atoms with van der Waals surface area (Å²) < 4.78 is 15.1. The van der Waals surface area contributed by atoms with Gasteiger partial charge in [0.15, 0.2) is 11.1 Å². The summed E-state index contributed by atoms with van der Waals surface area (Å²) in [6.07, 6.45) is 0. The van der Waals surface area contributed by atoms with Crippen LogP contribution in [-0.2, 0) is 15.3 Å². The Morgan fingerprint density at radius 3 is 1.75 bits per heavy atom. The Balaban J connectivity index is 3.82. The second-order valence-corrected chi connectivity index (χ2v) is 4.54. The van der Waals surface area contributed by atoms with Gasteiger partial charge >= 0.3 is 0 Å². The van der Waals surface area contributed by atoms with Crippen LogP contribution in [0.3, 0.4) is 0 Å². The van der Waals surface area contributed by atoms with Gasteiger partial charge in [0, 0.05) is 0 Å². The van der Waals surface area contributed by atoms with Gasteiger partial charge in [-0.2, -0.15) is 0 Å². The van der Waals surface area contributed by atoms with Gasteiger partial charge in [-0.15, -0.1) is 0 Å². The van der Waals surface area contributed by atoms with E-state index in [0.29, 0.717) is 0 Å². The van der Waals surface area contributed by atoms with Crippen molar-refractivity contribution in [3.63, 3.8) is 0 Å². The van der Waals surface area contributed by atoms with Gasteiger partial charge in [-0.25, -0.2) is 4.21 Å². The van der Waals surface area contributed by atoms with E-state index >= 15 is 0 Å². The lowest BCUT2D eigenvalue weighted by atomic mass is 10.3. The fourth-order valence-electron chi connectivity index (χ4n) is 0.250. The molecule has 0 amide bonds. The molecule has 0 aliphatic carbocycles. The maximum atomic E-state index is 10.7. The molecule has 0 spiro atoms. The highest BCUT2D eigenvalue weighted by Crippen LogP contribution is 2.10. The molecular formula is C5H12O2S. The van der Waals surface area contributed by atoms with Gasteiger partial charge < -0.3 is 0 Å². The summed E-state index contributed by atoms with van der Waals surface area (Å²) in [6, 6.07) is 0. The fourth-order valence-corrected chi connectivity index (χ4v) is 0.750. The first-order valence-electron chi connectivity index (χ1n) is 2.45. The van der Waals surface area contributed by atoms with Crippen LogP contribution in [0.5, 0.6) is 0 Å². The van der Waals surface area contributed by atoms with E-state index in [2.05, 4.69) is 4.18 Å². The Bertz CT molecular complexity index is 93.1. The molecule has 0 radical (unpaired) electrons. The second kappa shape index (κ2) is 2.60. The summed E-state index contributed by atoms with van der Waals surface area (Å²) in [5, 5.41) is 0. The molecule has 0 fully saturated rings. The van der Waals surface area contributed by atoms with Gasteiger partial charge in [-0.05, 0) is 20.8 Å². The zero-order valence-electron chi connectivity index (χ0n) is 5.72. The first kappa shape index (κ1) is 8.11. The standard InChI is InChI=1S/C5H12O2S/c1-5(2,3)8(6)7-4/h1-4H3. The lowest BCUT2D eigenvalue weighted by molar-refractivity contribution is 0.426. The smallest absolute Gasteiger partial charge is 0.160 e. The molecule has 0 rings (SSSR count). The third-order valence-corrected chi connectivity index (χ3v) is 1.95. The minimum absolute atomic E-state index is 0.241. The van der Waals surface area contributed by atoms with E-state index in [1.165, 1.54) is 7.11 Å². The van der Waals surface area contributed by atoms with E-state index in [1.807, 2.05) is 20.8 Å². The molecule has 3 heteroatoms. The van der Waals surface area contributed by atoms with Gasteiger partial charge in [0.05, 0.1) is 11.9 Å². The van der Waals surface area contributed by atoms with Gasteiger partial charge in [-0.1, -0.05) is 0 Å². The lowest BCUT2D eigenvalue weighted by Crippen LogP contribution is -2.22. The topological polar surface area (TPSA) is 26.3 Å². The molecule has 2 nitrogen and oxygen atoms in total. The maximum Gasteiger partial charge on any atom is 0.160 e. The minimum atomic E-state index is -1.14. The zero-order valence-corrected chi connectivity index (χ0v) is 6.54. The molecule has 0 aromatic carbocycles. The summed E-state index contributed by atoms with van der Waals surface area (Å²) >= 11 is -1.14. The highest BCUT2D eigenvalue weighted by Gasteiger charge is 2.18. The fraction of sp³-hybridized carbons (Fsp3) is 1.00. The highest BCUT2D eigenvalue weighted by molar-refractivity contribution is 7.81. The Morgan fingerprint density at radius 2 is 1.75 bits per heavy atom. The summed E-state index contributed by atoms with van der Waals surface area (Å²) in [5.41, 5.74) is 0. The maximum absolute atomic E-state index is 10.7. The second-order valence-electron chi connectivity index (χ2n) is 2.51. The number of hydrogen-bond donors (Lipinski definition) is 0. The van der Waals surface area contributed by atoms with E-state index in [9.17, 15) is 4.21 Å². The van der Waals surface area contributed by atoms with Crippen LogP contribution in [0.25, 0.3) is 0 Å². The Kier molecular flexibility index (Phi) is 2.63. The first-order chi connectivity index (χ1) is 3.48. The summed E-state index contributed by atoms with van der Waals surface area (Å²) in [4.78, 5) is 0. The molecule has 50 valence electrons. The zero-order chi connectivity index (χ0) is 6.78. The summed E-state index contributed by atoms with van der Waals surface area (Å²) in [6.45, 7) is 5.60. The quantitative estimate of drug-likeness (QED) is 0.539. The average Bonchev–Trinajstić information content (AvgIpc) is 1.62. The van der Waals surface area contributed by atoms with Gasteiger partial charge in [0.2, 0.25) is 0 Å². The molecule has 0 aromatic rings. The van der Waals surface area contributed by atoms with Crippen molar-refractivity contribution in [1.29, 1.82) is 0 Å². The molecule has 0 bridgehead atoms. The van der Waals surface area contributed by atoms with Crippen LogP contribution in [0.15, 0.2) is 0 Å². The monoisotopic (exact) mass is 136 g/mol. The van der Waals surface area contributed by atoms with Crippen molar-refractivity contribution >= 4 is 11.1 Å². The Morgan fingerprint density at radius 1 is 1.38 bits per heavy atom.